The minimum Gasteiger partial charge on any atom is -0.467 e. The second-order valence-electron chi connectivity index (χ2n) is 3.55. The predicted octanol–water partition coefficient (Wildman–Crippen LogP) is 2.29. The summed E-state index contributed by atoms with van der Waals surface area (Å²) >= 11 is 0. The van der Waals surface area contributed by atoms with Crippen LogP contribution < -0.4 is 4.74 Å². The molecule has 0 saturated heterocycles. The Bertz CT molecular complexity index is 307. The van der Waals surface area contributed by atoms with E-state index in [1.165, 1.54) is 11.1 Å². The van der Waals surface area contributed by atoms with Crippen molar-refractivity contribution < 1.29 is 9.47 Å². The van der Waals surface area contributed by atoms with Crippen LogP contribution in [0, 0.1) is 6.92 Å². The van der Waals surface area contributed by atoms with Gasteiger partial charge in [-0.05, 0) is 25.5 Å². The molecule has 0 bridgehead atoms. The quantitative estimate of drug-likeness (QED) is 0.607. The van der Waals surface area contributed by atoms with Crippen molar-refractivity contribution in [2.45, 2.75) is 26.4 Å². The maximum absolute atomic E-state index is 5.45. The molecule has 1 aliphatic rings. The summed E-state index contributed by atoms with van der Waals surface area (Å²) < 4.78 is 10.9. The lowest BCUT2D eigenvalue weighted by atomic mass is 10.1. The third-order valence-corrected chi connectivity index (χ3v) is 2.29. The van der Waals surface area contributed by atoms with Crippen molar-refractivity contribution in [3.63, 3.8) is 0 Å². The van der Waals surface area contributed by atoms with Crippen molar-refractivity contribution in [1.29, 1.82) is 0 Å². The van der Waals surface area contributed by atoms with E-state index in [9.17, 15) is 0 Å². The Morgan fingerprint density at radius 3 is 3.08 bits per heavy atom. The van der Waals surface area contributed by atoms with Crippen LogP contribution in [0.15, 0.2) is 18.2 Å². The molecule has 0 fully saturated rings. The molecule has 70 valence electrons. The first-order valence-electron chi connectivity index (χ1n) is 4.59. The molecule has 0 amide bonds. The van der Waals surface area contributed by atoms with Crippen molar-refractivity contribution in [3.05, 3.63) is 29.3 Å². The van der Waals surface area contributed by atoms with Crippen molar-refractivity contribution in [1.82, 2.24) is 0 Å². The molecule has 1 atom stereocenters. The van der Waals surface area contributed by atoms with Crippen LogP contribution in [0.5, 0.6) is 5.75 Å². The van der Waals surface area contributed by atoms with E-state index in [0.29, 0.717) is 6.79 Å². The Morgan fingerprint density at radius 1 is 1.38 bits per heavy atom. The van der Waals surface area contributed by atoms with Gasteiger partial charge in [0.1, 0.15) is 5.75 Å². The fourth-order valence-corrected chi connectivity index (χ4v) is 1.59. The van der Waals surface area contributed by atoms with Crippen molar-refractivity contribution in [2.75, 3.05) is 6.79 Å². The first-order valence-corrected chi connectivity index (χ1v) is 4.59. The monoisotopic (exact) mass is 178 g/mol. The Hall–Kier alpha value is -1.02. The third-order valence-electron chi connectivity index (χ3n) is 2.29. The van der Waals surface area contributed by atoms with Gasteiger partial charge in [0.25, 0.3) is 0 Å². The molecule has 1 aromatic rings. The van der Waals surface area contributed by atoms with Gasteiger partial charge in [-0.25, -0.2) is 0 Å². The largest absolute Gasteiger partial charge is 0.467 e. The molecule has 0 spiro atoms. The van der Waals surface area contributed by atoms with Gasteiger partial charge in [-0.15, -0.1) is 0 Å². The van der Waals surface area contributed by atoms with Gasteiger partial charge in [0, 0.05) is 6.42 Å². The predicted molar refractivity (Wildman–Crippen MR) is 50.9 cm³/mol. The topological polar surface area (TPSA) is 18.5 Å². The molecule has 0 radical (unpaired) electrons. The highest BCUT2D eigenvalue weighted by Crippen LogP contribution is 2.24. The number of benzene rings is 1. The highest BCUT2D eigenvalue weighted by Gasteiger charge is 2.13. The van der Waals surface area contributed by atoms with Gasteiger partial charge in [-0.1, -0.05) is 17.7 Å². The van der Waals surface area contributed by atoms with Gasteiger partial charge in [0.05, 0.1) is 6.10 Å². The summed E-state index contributed by atoms with van der Waals surface area (Å²) in [5.41, 5.74) is 2.53. The molecule has 2 rings (SSSR count). The maximum atomic E-state index is 5.45. The number of ether oxygens (including phenoxy) is 2. The first kappa shape index (κ1) is 8.57. The highest BCUT2D eigenvalue weighted by atomic mass is 16.7. The third kappa shape index (κ3) is 1.83. The molecule has 2 heteroatoms. The standard InChI is InChI=1S/C11H14O2/c1-8-3-4-11-10(5-8)6-9(2)12-7-13-11/h3-5,9H,6-7H2,1-2H3/t9-/m1/s1. The molecule has 1 aliphatic heterocycles. The maximum Gasteiger partial charge on any atom is 0.189 e. The molecule has 0 saturated carbocycles. The molecule has 0 aromatic heterocycles. The number of hydrogen-bond donors (Lipinski definition) is 0. The van der Waals surface area contributed by atoms with Crippen molar-refractivity contribution >= 4 is 0 Å². The average Bonchev–Trinajstić information content (AvgIpc) is 2.25. The molecule has 2 nitrogen and oxygen atoms in total. The Morgan fingerprint density at radius 2 is 2.23 bits per heavy atom. The SMILES string of the molecule is Cc1ccc2c(c1)C[C@@H](C)OCO2. The zero-order valence-electron chi connectivity index (χ0n) is 8.04. The number of hydrogen-bond acceptors (Lipinski definition) is 2. The Balaban J connectivity index is 2.35. The van der Waals surface area contributed by atoms with Gasteiger partial charge in [-0.2, -0.15) is 0 Å². The molecule has 0 unspecified atom stereocenters. The average molecular weight is 178 g/mol. The Labute approximate surface area is 78.5 Å². The zero-order valence-corrected chi connectivity index (χ0v) is 8.04. The molecule has 0 N–H and O–H groups in total. The van der Waals surface area contributed by atoms with Gasteiger partial charge in [0.2, 0.25) is 0 Å². The zero-order chi connectivity index (χ0) is 9.26. The van der Waals surface area contributed by atoms with Crippen LogP contribution in [0.2, 0.25) is 0 Å². The van der Waals surface area contributed by atoms with Crippen LogP contribution in [-0.4, -0.2) is 12.9 Å². The fraction of sp³-hybridized carbons (Fsp3) is 0.455. The summed E-state index contributed by atoms with van der Waals surface area (Å²) in [6, 6.07) is 6.25. The minimum atomic E-state index is 0.253. The van der Waals surface area contributed by atoms with E-state index >= 15 is 0 Å². The van der Waals surface area contributed by atoms with Crippen LogP contribution in [0.25, 0.3) is 0 Å². The second kappa shape index (κ2) is 3.38. The molecule has 1 heterocycles. The number of fused-ring (bicyclic) bond motifs is 1. The van der Waals surface area contributed by atoms with Crippen molar-refractivity contribution in [3.8, 4) is 5.75 Å². The van der Waals surface area contributed by atoms with Crippen LogP contribution in [-0.2, 0) is 11.2 Å². The van der Waals surface area contributed by atoms with E-state index < -0.39 is 0 Å². The summed E-state index contributed by atoms with van der Waals surface area (Å²) in [6.07, 6.45) is 1.19. The molecular formula is C11H14O2. The summed E-state index contributed by atoms with van der Waals surface area (Å²) in [4.78, 5) is 0. The summed E-state index contributed by atoms with van der Waals surface area (Å²) in [5, 5.41) is 0. The van der Waals surface area contributed by atoms with Crippen LogP contribution in [0.1, 0.15) is 18.1 Å². The normalized spacial score (nSPS) is 21.5. The number of rotatable bonds is 0. The molecule has 13 heavy (non-hydrogen) atoms. The lowest BCUT2D eigenvalue weighted by molar-refractivity contribution is -0.0177. The van der Waals surface area contributed by atoms with Gasteiger partial charge in [-0.3, -0.25) is 0 Å². The minimum absolute atomic E-state index is 0.253. The lowest BCUT2D eigenvalue weighted by Crippen LogP contribution is -2.10. The molecule has 1 aromatic carbocycles. The van der Waals surface area contributed by atoms with Gasteiger partial charge >= 0.3 is 0 Å². The second-order valence-corrected chi connectivity index (χ2v) is 3.55. The Kier molecular flexibility index (Phi) is 2.23. The summed E-state index contributed by atoms with van der Waals surface area (Å²) in [6.45, 7) is 4.54. The van der Waals surface area contributed by atoms with Crippen LogP contribution >= 0.6 is 0 Å². The van der Waals surface area contributed by atoms with E-state index in [1.54, 1.807) is 0 Å². The molecular weight excluding hydrogens is 164 g/mol. The fourth-order valence-electron chi connectivity index (χ4n) is 1.59. The summed E-state index contributed by atoms with van der Waals surface area (Å²) in [5.74, 6) is 0.968. The van der Waals surface area contributed by atoms with Crippen LogP contribution in [0.4, 0.5) is 0 Å². The van der Waals surface area contributed by atoms with E-state index in [0.717, 1.165) is 12.2 Å². The van der Waals surface area contributed by atoms with Crippen LogP contribution in [0.3, 0.4) is 0 Å². The van der Waals surface area contributed by atoms with Gasteiger partial charge < -0.3 is 9.47 Å². The number of aryl methyl sites for hydroxylation is 1. The highest BCUT2D eigenvalue weighted by molar-refractivity contribution is 5.37. The smallest absolute Gasteiger partial charge is 0.189 e. The first-order chi connectivity index (χ1) is 6.25. The van der Waals surface area contributed by atoms with E-state index in [2.05, 4.69) is 26.0 Å². The van der Waals surface area contributed by atoms with E-state index in [1.807, 2.05) is 6.07 Å². The summed E-state index contributed by atoms with van der Waals surface area (Å²) in [7, 11) is 0. The molecule has 0 aliphatic carbocycles. The lowest BCUT2D eigenvalue weighted by Gasteiger charge is -2.06. The van der Waals surface area contributed by atoms with E-state index in [4.69, 9.17) is 9.47 Å². The van der Waals surface area contributed by atoms with Gasteiger partial charge in [0.15, 0.2) is 6.79 Å². The van der Waals surface area contributed by atoms with E-state index in [-0.39, 0.29) is 6.10 Å². The van der Waals surface area contributed by atoms with Crippen molar-refractivity contribution in [2.24, 2.45) is 0 Å².